The highest BCUT2D eigenvalue weighted by Crippen LogP contribution is 2.36. The Kier molecular flexibility index (Phi) is 5.28. The summed E-state index contributed by atoms with van der Waals surface area (Å²) in [5.41, 5.74) is 0.848. The van der Waals surface area contributed by atoms with Crippen molar-refractivity contribution in [1.29, 1.82) is 0 Å². The van der Waals surface area contributed by atoms with Gasteiger partial charge >= 0.3 is 12.4 Å². The van der Waals surface area contributed by atoms with Gasteiger partial charge in [0.25, 0.3) is 5.91 Å². The first-order chi connectivity index (χ1) is 10.4. The van der Waals surface area contributed by atoms with Crippen molar-refractivity contribution >= 4 is 11.8 Å². The predicted octanol–water partition coefficient (Wildman–Crippen LogP) is 2.72. The van der Waals surface area contributed by atoms with Crippen LogP contribution in [0.25, 0.3) is 0 Å². The molecule has 0 aliphatic heterocycles. The van der Waals surface area contributed by atoms with E-state index in [1.165, 1.54) is 6.92 Å². The third-order valence-electron chi connectivity index (χ3n) is 2.91. The van der Waals surface area contributed by atoms with Crippen molar-refractivity contribution in [3.05, 3.63) is 34.9 Å². The van der Waals surface area contributed by atoms with Crippen molar-refractivity contribution in [3.8, 4) is 0 Å². The second kappa shape index (κ2) is 6.47. The molecule has 0 heterocycles. The van der Waals surface area contributed by atoms with E-state index < -0.39 is 46.9 Å². The van der Waals surface area contributed by atoms with Gasteiger partial charge in [0.15, 0.2) is 0 Å². The van der Waals surface area contributed by atoms with Crippen LogP contribution in [0.3, 0.4) is 0 Å². The van der Waals surface area contributed by atoms with Gasteiger partial charge < -0.3 is 11.1 Å². The molecule has 0 unspecified atom stereocenters. The molecule has 0 aliphatic rings. The number of hydrogen-bond acceptors (Lipinski definition) is 2. The first-order valence-corrected chi connectivity index (χ1v) is 6.26. The molecular weight excluding hydrogens is 330 g/mol. The number of halogens is 6. The molecule has 3 N–H and O–H groups in total. The molecule has 0 saturated carbocycles. The van der Waals surface area contributed by atoms with Crippen LogP contribution in [0.4, 0.5) is 26.3 Å². The summed E-state index contributed by atoms with van der Waals surface area (Å²) in [5, 5.41) is 1.99. The summed E-state index contributed by atoms with van der Waals surface area (Å²) in [6.45, 7) is 1.46. The summed E-state index contributed by atoms with van der Waals surface area (Å²) in [6.07, 6.45) is -10.1. The highest BCUT2D eigenvalue weighted by Gasteiger charge is 2.37. The molecule has 1 rings (SSSR count). The van der Waals surface area contributed by atoms with Gasteiger partial charge in [-0.1, -0.05) is 6.92 Å². The van der Waals surface area contributed by atoms with Gasteiger partial charge in [-0.3, -0.25) is 9.59 Å². The minimum atomic E-state index is -5.07. The van der Waals surface area contributed by atoms with Crippen molar-refractivity contribution in [2.45, 2.75) is 31.7 Å². The largest absolute Gasteiger partial charge is 0.416 e. The highest BCUT2D eigenvalue weighted by molar-refractivity contribution is 5.97. The summed E-state index contributed by atoms with van der Waals surface area (Å²) in [5.74, 6) is -2.21. The molecule has 10 heteroatoms. The number of alkyl halides is 6. The Hall–Kier alpha value is -2.26. The minimum Gasteiger partial charge on any atom is -0.368 e. The summed E-state index contributed by atoms with van der Waals surface area (Å²) in [4.78, 5) is 22.8. The van der Waals surface area contributed by atoms with Crippen LogP contribution in [0, 0.1) is 0 Å². The predicted molar refractivity (Wildman–Crippen MR) is 67.2 cm³/mol. The van der Waals surface area contributed by atoms with E-state index in [1.54, 1.807) is 0 Å². The Balaban J connectivity index is 3.30. The van der Waals surface area contributed by atoms with Gasteiger partial charge in [-0.25, -0.2) is 0 Å². The third-order valence-corrected chi connectivity index (χ3v) is 2.91. The van der Waals surface area contributed by atoms with Crippen molar-refractivity contribution in [3.63, 3.8) is 0 Å². The Labute approximate surface area is 126 Å². The number of rotatable bonds is 4. The lowest BCUT2D eigenvalue weighted by atomic mass is 10.0. The second-order valence-corrected chi connectivity index (χ2v) is 4.63. The SMILES string of the molecule is CC[C@@H](NC(=O)c1cc(C(F)(F)F)cc(C(F)(F)F)c1)C(N)=O. The fourth-order valence-corrected chi connectivity index (χ4v) is 1.70. The van der Waals surface area contributed by atoms with Crippen LogP contribution in [-0.2, 0) is 17.1 Å². The molecule has 23 heavy (non-hydrogen) atoms. The second-order valence-electron chi connectivity index (χ2n) is 4.63. The number of nitrogens with two attached hydrogens (primary N) is 1. The summed E-state index contributed by atoms with van der Waals surface area (Å²) in [7, 11) is 0. The van der Waals surface area contributed by atoms with Gasteiger partial charge in [0.2, 0.25) is 5.91 Å². The topological polar surface area (TPSA) is 72.2 Å². The van der Waals surface area contributed by atoms with Crippen LogP contribution in [0.15, 0.2) is 18.2 Å². The third kappa shape index (κ3) is 4.86. The van der Waals surface area contributed by atoms with Gasteiger partial charge in [-0.05, 0) is 24.6 Å². The fraction of sp³-hybridized carbons (Fsp3) is 0.385. The maximum atomic E-state index is 12.7. The van der Waals surface area contributed by atoms with E-state index >= 15 is 0 Å². The van der Waals surface area contributed by atoms with Crippen molar-refractivity contribution in [1.82, 2.24) is 5.32 Å². The molecule has 0 saturated heterocycles. The van der Waals surface area contributed by atoms with E-state index in [1.807, 2.05) is 5.32 Å². The smallest absolute Gasteiger partial charge is 0.368 e. The molecule has 2 amide bonds. The van der Waals surface area contributed by atoms with E-state index in [0.29, 0.717) is 0 Å². The number of hydrogen-bond donors (Lipinski definition) is 2. The Bertz CT molecular complexity index is 577. The quantitative estimate of drug-likeness (QED) is 0.826. The minimum absolute atomic E-state index is 0.0339. The van der Waals surface area contributed by atoms with Gasteiger partial charge in [-0.15, -0.1) is 0 Å². The number of carbonyl (C=O) groups excluding carboxylic acids is 2. The van der Waals surface area contributed by atoms with E-state index in [0.717, 1.165) is 0 Å². The lowest BCUT2D eigenvalue weighted by Gasteiger charge is -2.16. The van der Waals surface area contributed by atoms with Gasteiger partial charge in [-0.2, -0.15) is 26.3 Å². The first kappa shape index (κ1) is 18.8. The van der Waals surface area contributed by atoms with Crippen LogP contribution in [0.1, 0.15) is 34.8 Å². The molecule has 4 nitrogen and oxygen atoms in total. The van der Waals surface area contributed by atoms with E-state index in [9.17, 15) is 35.9 Å². The number of benzene rings is 1. The molecule has 0 bridgehead atoms. The molecule has 1 aromatic carbocycles. The summed E-state index contributed by atoms with van der Waals surface area (Å²) >= 11 is 0. The van der Waals surface area contributed by atoms with Gasteiger partial charge in [0.05, 0.1) is 11.1 Å². The molecular formula is C13H12F6N2O2. The van der Waals surface area contributed by atoms with E-state index in [4.69, 9.17) is 5.73 Å². The maximum absolute atomic E-state index is 12.7. The van der Waals surface area contributed by atoms with Gasteiger partial charge in [0, 0.05) is 5.56 Å². The number of amides is 2. The highest BCUT2D eigenvalue weighted by atomic mass is 19.4. The Morgan fingerprint density at radius 2 is 1.48 bits per heavy atom. The number of nitrogens with one attached hydrogen (secondary N) is 1. The lowest BCUT2D eigenvalue weighted by Crippen LogP contribution is -2.44. The summed E-state index contributed by atoms with van der Waals surface area (Å²) < 4.78 is 76.1. The van der Waals surface area contributed by atoms with Crippen LogP contribution < -0.4 is 11.1 Å². The zero-order valence-corrected chi connectivity index (χ0v) is 11.7. The van der Waals surface area contributed by atoms with Crippen LogP contribution in [0.5, 0.6) is 0 Å². The standard InChI is InChI=1S/C13H12F6N2O2/c1-2-9(10(20)22)21-11(23)6-3-7(12(14,15)16)5-8(4-6)13(17,18)19/h3-5,9H,2H2,1H3,(H2,20,22)(H,21,23)/t9-/m1/s1. The summed E-state index contributed by atoms with van der Waals surface area (Å²) in [6, 6.07) is -0.745. The zero-order valence-electron chi connectivity index (χ0n) is 11.7. The van der Waals surface area contributed by atoms with E-state index in [2.05, 4.69) is 0 Å². The zero-order chi connectivity index (χ0) is 18.0. The fourth-order valence-electron chi connectivity index (χ4n) is 1.70. The molecule has 0 spiro atoms. The molecule has 1 aromatic rings. The average Bonchev–Trinajstić information content (AvgIpc) is 2.41. The van der Waals surface area contributed by atoms with Crippen molar-refractivity contribution < 1.29 is 35.9 Å². The molecule has 128 valence electrons. The normalized spacial score (nSPS) is 13.5. The average molecular weight is 342 g/mol. The Morgan fingerprint density at radius 1 is 1.04 bits per heavy atom. The lowest BCUT2D eigenvalue weighted by molar-refractivity contribution is -0.143. The van der Waals surface area contributed by atoms with Crippen molar-refractivity contribution in [2.75, 3.05) is 0 Å². The van der Waals surface area contributed by atoms with Crippen LogP contribution >= 0.6 is 0 Å². The molecule has 0 radical (unpaired) electrons. The Morgan fingerprint density at radius 3 is 1.78 bits per heavy atom. The molecule has 0 aliphatic carbocycles. The van der Waals surface area contributed by atoms with Gasteiger partial charge in [0.1, 0.15) is 6.04 Å². The molecule has 0 fully saturated rings. The monoisotopic (exact) mass is 342 g/mol. The van der Waals surface area contributed by atoms with Crippen molar-refractivity contribution in [2.24, 2.45) is 5.73 Å². The van der Waals surface area contributed by atoms with E-state index in [-0.39, 0.29) is 24.6 Å². The number of carbonyl (C=O) groups is 2. The molecule has 0 aromatic heterocycles. The van der Waals surface area contributed by atoms with Crippen LogP contribution in [-0.4, -0.2) is 17.9 Å². The first-order valence-electron chi connectivity index (χ1n) is 6.26. The maximum Gasteiger partial charge on any atom is 0.416 e. The van der Waals surface area contributed by atoms with Crippen LogP contribution in [0.2, 0.25) is 0 Å². The number of primary amides is 1. The molecule has 1 atom stereocenters.